The highest BCUT2D eigenvalue weighted by molar-refractivity contribution is 6.33. The second-order valence-corrected chi connectivity index (χ2v) is 15.9. The topological polar surface area (TPSA) is 89.2 Å². The van der Waals surface area contributed by atoms with Gasteiger partial charge in [-0.05, 0) is 123 Å². The Balaban J connectivity index is 1.24. The summed E-state index contributed by atoms with van der Waals surface area (Å²) in [6.07, 6.45) is -4.97. The summed E-state index contributed by atoms with van der Waals surface area (Å²) in [5.41, 5.74) is 0.726. The highest BCUT2D eigenvalue weighted by Crippen LogP contribution is 2.62. The first-order chi connectivity index (χ1) is 26.8. The minimum Gasteiger partial charge on any atom is -0.453 e. The average molecular weight is 816 g/mol. The van der Waals surface area contributed by atoms with Gasteiger partial charge < -0.3 is 19.0 Å². The predicted molar refractivity (Wildman–Crippen MR) is 199 cm³/mol. The molecule has 4 atom stereocenters. The minimum absolute atomic E-state index is 0.0124. The Labute approximate surface area is 330 Å². The molecule has 302 valence electrons. The molecule has 1 amide bonds. The number of amides is 1. The van der Waals surface area contributed by atoms with Crippen LogP contribution >= 0.6 is 11.6 Å². The van der Waals surface area contributed by atoms with Crippen LogP contribution in [0.2, 0.25) is 5.02 Å². The molecule has 3 aliphatic carbocycles. The number of aliphatic hydroxyl groups excluding tert-OH is 1. The van der Waals surface area contributed by atoms with Crippen LogP contribution in [-0.2, 0) is 23.9 Å². The Morgan fingerprint density at radius 1 is 0.982 bits per heavy atom. The smallest absolute Gasteiger partial charge is 0.453 e. The van der Waals surface area contributed by atoms with Gasteiger partial charge in [-0.2, -0.15) is 13.2 Å². The van der Waals surface area contributed by atoms with Crippen LogP contribution in [0.25, 0.3) is 11.3 Å². The molecule has 4 unspecified atom stereocenters. The van der Waals surface area contributed by atoms with Gasteiger partial charge in [0.1, 0.15) is 17.1 Å². The molecule has 2 fully saturated rings. The molecule has 14 heteroatoms. The van der Waals surface area contributed by atoms with Crippen LogP contribution in [0.4, 0.5) is 31.1 Å². The molecule has 1 saturated heterocycles. The first-order valence-electron chi connectivity index (χ1n) is 18.6. The Hall–Kier alpha value is -4.75. The SMILES string of the molecule is CC1=CCCC2(C)C(CCC23CN(Cc2ccc(OC(F)(F)F)cc2)C(=O)O3)c2ccc(cc2C(=O)c2ccc(-c3cc(C(F)(F)F)ccc3Cl)o2)CC(O)CC1. The van der Waals surface area contributed by atoms with Crippen molar-refractivity contribution in [2.45, 2.75) is 95.5 Å². The maximum absolute atomic E-state index is 14.5. The van der Waals surface area contributed by atoms with E-state index in [9.17, 15) is 41.0 Å². The minimum atomic E-state index is -4.84. The number of ketones is 1. The molecule has 8 rings (SSSR count). The van der Waals surface area contributed by atoms with E-state index in [0.717, 1.165) is 23.8 Å². The molecule has 1 aliphatic heterocycles. The molecule has 7 nitrogen and oxygen atoms in total. The first kappa shape index (κ1) is 40.4. The second-order valence-electron chi connectivity index (χ2n) is 15.5. The van der Waals surface area contributed by atoms with Crippen LogP contribution in [-0.4, -0.2) is 46.5 Å². The Morgan fingerprint density at radius 3 is 2.46 bits per heavy atom. The van der Waals surface area contributed by atoms with Crippen molar-refractivity contribution in [3.63, 3.8) is 0 Å². The Morgan fingerprint density at radius 2 is 1.74 bits per heavy atom. The summed E-state index contributed by atoms with van der Waals surface area (Å²) in [6, 6.07) is 16.5. The van der Waals surface area contributed by atoms with Gasteiger partial charge >= 0.3 is 18.6 Å². The van der Waals surface area contributed by atoms with Gasteiger partial charge in [-0.25, -0.2) is 4.79 Å². The van der Waals surface area contributed by atoms with E-state index in [0.29, 0.717) is 60.8 Å². The lowest BCUT2D eigenvalue weighted by atomic mass is 9.65. The molecule has 1 aromatic heterocycles. The molecule has 1 N–H and O–H groups in total. The Kier molecular flexibility index (Phi) is 10.8. The normalized spacial score (nSPS) is 24.3. The molecule has 57 heavy (non-hydrogen) atoms. The number of hydrogen-bond acceptors (Lipinski definition) is 6. The van der Waals surface area contributed by atoms with Crippen LogP contribution in [0.5, 0.6) is 5.75 Å². The summed E-state index contributed by atoms with van der Waals surface area (Å²) in [4.78, 5) is 29.7. The van der Waals surface area contributed by atoms with Gasteiger partial charge in [-0.15, -0.1) is 13.2 Å². The fourth-order valence-corrected chi connectivity index (χ4v) is 8.96. The van der Waals surface area contributed by atoms with Crippen molar-refractivity contribution < 1.29 is 54.9 Å². The standard InChI is InChI=1S/C43H40ClF6NO6/c1-25-4-3-18-40(2)34(17-19-41(40)24-51(39(54)57-41)23-26-6-11-30(12-7-26)56-43(48,49)50)31-13-8-27(20-29(52)10-5-25)21-32(31)38(53)37-16-15-36(55-37)33-22-28(42(45,46)47)9-14-35(33)44/h4,6-9,11-16,21-22,29,34,52H,3,5,10,17-20,23-24H2,1-2H3. The lowest BCUT2D eigenvalue weighted by Crippen LogP contribution is -2.48. The van der Waals surface area contributed by atoms with E-state index in [2.05, 4.69) is 17.7 Å². The fourth-order valence-electron chi connectivity index (χ4n) is 8.75. The number of fused-ring (bicyclic) bond motifs is 8. The molecule has 4 aromatic rings. The largest absolute Gasteiger partial charge is 0.573 e. The van der Waals surface area contributed by atoms with E-state index < -0.39 is 47.1 Å². The van der Waals surface area contributed by atoms with Crippen molar-refractivity contribution in [3.05, 3.63) is 123 Å². The maximum atomic E-state index is 14.5. The van der Waals surface area contributed by atoms with Gasteiger partial charge in [0.15, 0.2) is 5.76 Å². The van der Waals surface area contributed by atoms with Crippen LogP contribution in [0, 0.1) is 5.41 Å². The van der Waals surface area contributed by atoms with Crippen molar-refractivity contribution in [2.24, 2.45) is 5.41 Å². The number of halogens is 7. The van der Waals surface area contributed by atoms with Gasteiger partial charge in [0, 0.05) is 23.1 Å². The van der Waals surface area contributed by atoms with Crippen molar-refractivity contribution in [3.8, 4) is 17.1 Å². The zero-order chi connectivity index (χ0) is 40.9. The number of furan rings is 1. The van der Waals surface area contributed by atoms with Crippen molar-refractivity contribution >= 4 is 23.5 Å². The summed E-state index contributed by atoms with van der Waals surface area (Å²) in [7, 11) is 0. The summed E-state index contributed by atoms with van der Waals surface area (Å²) in [5.74, 6) is -1.33. The zero-order valence-corrected chi connectivity index (χ0v) is 31.9. The number of carbonyl (C=O) groups excluding carboxylic acids is 2. The van der Waals surface area contributed by atoms with E-state index in [1.807, 2.05) is 19.1 Å². The summed E-state index contributed by atoms with van der Waals surface area (Å²) >= 11 is 6.30. The van der Waals surface area contributed by atoms with Crippen LogP contribution < -0.4 is 4.74 Å². The summed E-state index contributed by atoms with van der Waals surface area (Å²) in [6.45, 7) is 4.37. The van der Waals surface area contributed by atoms with Crippen LogP contribution in [0.3, 0.4) is 0 Å². The number of hydrogen-bond donors (Lipinski definition) is 1. The number of nitrogens with zero attached hydrogens (tertiary/aromatic N) is 1. The van der Waals surface area contributed by atoms with Crippen molar-refractivity contribution in [1.29, 1.82) is 0 Å². The Bertz CT molecular complexity index is 2200. The highest BCUT2D eigenvalue weighted by Gasteiger charge is 2.64. The monoisotopic (exact) mass is 815 g/mol. The highest BCUT2D eigenvalue weighted by atomic mass is 35.5. The number of ether oxygens (including phenoxy) is 2. The molecule has 4 aliphatic rings. The van der Waals surface area contributed by atoms with Gasteiger partial charge in [0.25, 0.3) is 0 Å². The number of benzene rings is 3. The second kappa shape index (κ2) is 15.2. The predicted octanol–water partition coefficient (Wildman–Crippen LogP) is 11.4. The van der Waals surface area contributed by atoms with E-state index >= 15 is 0 Å². The van der Waals surface area contributed by atoms with E-state index in [1.165, 1.54) is 36.4 Å². The number of alkyl halides is 6. The third-order valence-electron chi connectivity index (χ3n) is 11.8. The third-order valence-corrected chi connectivity index (χ3v) is 12.1. The van der Waals surface area contributed by atoms with Gasteiger partial charge in [0.05, 0.1) is 23.2 Å². The number of carbonyl (C=O) groups is 2. The number of allylic oxidation sites excluding steroid dienone is 2. The van der Waals surface area contributed by atoms with E-state index in [-0.39, 0.29) is 53.3 Å². The molecule has 1 saturated carbocycles. The molecular weight excluding hydrogens is 776 g/mol. The lowest BCUT2D eigenvalue weighted by molar-refractivity contribution is -0.274. The first-order valence-corrected chi connectivity index (χ1v) is 19.0. The third kappa shape index (κ3) is 8.32. The van der Waals surface area contributed by atoms with Crippen LogP contribution in [0.1, 0.15) is 96.7 Å². The molecule has 2 bridgehead atoms. The lowest BCUT2D eigenvalue weighted by Gasteiger charge is -2.43. The van der Waals surface area contributed by atoms with Gasteiger partial charge in [-0.3, -0.25) is 9.69 Å². The number of aliphatic hydroxyl groups is 1. The van der Waals surface area contributed by atoms with Crippen molar-refractivity contribution in [2.75, 3.05) is 6.54 Å². The maximum Gasteiger partial charge on any atom is 0.573 e. The molecule has 0 radical (unpaired) electrons. The molecule has 3 aromatic carbocycles. The fraction of sp³-hybridized carbons (Fsp3) is 0.395. The zero-order valence-electron chi connectivity index (χ0n) is 31.1. The van der Waals surface area contributed by atoms with E-state index in [1.54, 1.807) is 11.0 Å². The summed E-state index contributed by atoms with van der Waals surface area (Å²) in [5, 5.41) is 11.0. The molecule has 2 heterocycles. The van der Waals surface area contributed by atoms with E-state index in [4.69, 9.17) is 20.8 Å². The quantitative estimate of drug-likeness (QED) is 0.118. The summed E-state index contributed by atoms with van der Waals surface area (Å²) < 4.78 is 95.2. The number of rotatable bonds is 6. The average Bonchev–Trinajstić information content (AvgIpc) is 3.82. The van der Waals surface area contributed by atoms with Gasteiger partial charge in [0.2, 0.25) is 5.78 Å². The molecule has 1 spiro atoms. The van der Waals surface area contributed by atoms with Gasteiger partial charge in [-0.1, -0.05) is 54.4 Å². The van der Waals surface area contributed by atoms with Crippen LogP contribution in [0.15, 0.2) is 88.9 Å². The van der Waals surface area contributed by atoms with Crippen molar-refractivity contribution in [1.82, 2.24) is 4.90 Å². The molecular formula is C43H40ClF6NO6.